The molecule has 0 radical (unpaired) electrons. The summed E-state index contributed by atoms with van der Waals surface area (Å²) >= 11 is 6.04. The van der Waals surface area contributed by atoms with Gasteiger partial charge >= 0.3 is 0 Å². The number of nitrogens with zero attached hydrogens (tertiary/aromatic N) is 2. The van der Waals surface area contributed by atoms with Crippen molar-refractivity contribution in [2.75, 3.05) is 5.73 Å². The lowest BCUT2D eigenvalue weighted by atomic mass is 10.1. The van der Waals surface area contributed by atoms with Gasteiger partial charge in [0, 0.05) is 19.2 Å². The molecule has 2 aromatic rings. The van der Waals surface area contributed by atoms with Gasteiger partial charge in [0.2, 0.25) is 0 Å². The first kappa shape index (κ1) is 13.4. The zero-order chi connectivity index (χ0) is 14.0. The van der Waals surface area contributed by atoms with Gasteiger partial charge in [0.25, 0.3) is 5.91 Å². The Morgan fingerprint density at radius 3 is 2.84 bits per heavy atom. The molecule has 1 aromatic heterocycles. The van der Waals surface area contributed by atoms with Gasteiger partial charge in [-0.15, -0.1) is 0 Å². The summed E-state index contributed by atoms with van der Waals surface area (Å²) in [6.07, 6.45) is 1.63. The van der Waals surface area contributed by atoms with Crippen molar-refractivity contribution in [2.45, 2.75) is 13.5 Å². The Hall–Kier alpha value is -2.01. The van der Waals surface area contributed by atoms with Gasteiger partial charge in [-0.1, -0.05) is 17.7 Å². The molecule has 0 unspecified atom stereocenters. The highest BCUT2D eigenvalue weighted by molar-refractivity contribution is 6.33. The molecule has 0 fully saturated rings. The first-order chi connectivity index (χ1) is 8.99. The summed E-state index contributed by atoms with van der Waals surface area (Å²) in [6, 6.07) is 5.31. The van der Waals surface area contributed by atoms with Crippen molar-refractivity contribution < 1.29 is 4.79 Å². The van der Waals surface area contributed by atoms with Crippen LogP contribution in [-0.4, -0.2) is 15.7 Å². The predicted octanol–water partition coefficient (Wildman–Crippen LogP) is 1.89. The molecule has 2 rings (SSSR count). The van der Waals surface area contributed by atoms with E-state index in [-0.39, 0.29) is 5.91 Å². The minimum atomic E-state index is -0.228. The van der Waals surface area contributed by atoms with E-state index in [1.54, 1.807) is 30.1 Å². The third kappa shape index (κ3) is 2.88. The minimum Gasteiger partial charge on any atom is -0.384 e. The predicted molar refractivity (Wildman–Crippen MR) is 75.0 cm³/mol. The number of nitrogen functional groups attached to an aromatic ring is 1. The Morgan fingerprint density at radius 1 is 1.53 bits per heavy atom. The van der Waals surface area contributed by atoms with Crippen LogP contribution in [0.2, 0.25) is 5.02 Å². The zero-order valence-corrected chi connectivity index (χ0v) is 11.5. The number of nitrogens with one attached hydrogen (secondary N) is 1. The molecule has 0 bridgehead atoms. The number of carbonyl (C=O) groups excluding carboxylic acids is 1. The van der Waals surface area contributed by atoms with Crippen molar-refractivity contribution in [3.8, 4) is 0 Å². The summed E-state index contributed by atoms with van der Waals surface area (Å²) in [5.41, 5.74) is 8.04. The molecule has 3 N–H and O–H groups in total. The first-order valence-electron chi connectivity index (χ1n) is 5.79. The van der Waals surface area contributed by atoms with Crippen LogP contribution in [-0.2, 0) is 13.6 Å². The van der Waals surface area contributed by atoms with Gasteiger partial charge in [0.1, 0.15) is 5.82 Å². The van der Waals surface area contributed by atoms with Gasteiger partial charge in [-0.05, 0) is 24.6 Å². The van der Waals surface area contributed by atoms with Crippen LogP contribution in [0.4, 0.5) is 5.82 Å². The van der Waals surface area contributed by atoms with Crippen LogP contribution in [0, 0.1) is 6.92 Å². The van der Waals surface area contributed by atoms with Crippen LogP contribution in [0.1, 0.15) is 21.5 Å². The van der Waals surface area contributed by atoms with Gasteiger partial charge in [-0.2, -0.15) is 5.10 Å². The van der Waals surface area contributed by atoms with Crippen LogP contribution in [0.15, 0.2) is 24.4 Å². The van der Waals surface area contributed by atoms with Gasteiger partial charge in [-0.25, -0.2) is 0 Å². The van der Waals surface area contributed by atoms with Crippen LogP contribution in [0.25, 0.3) is 0 Å². The van der Waals surface area contributed by atoms with Crippen molar-refractivity contribution in [3.63, 3.8) is 0 Å². The number of rotatable bonds is 3. The second-order valence-electron chi connectivity index (χ2n) is 4.34. The lowest BCUT2D eigenvalue weighted by molar-refractivity contribution is 0.0951. The number of benzene rings is 1. The van der Waals surface area contributed by atoms with Crippen LogP contribution in [0.5, 0.6) is 0 Å². The van der Waals surface area contributed by atoms with E-state index in [1.165, 1.54) is 0 Å². The highest BCUT2D eigenvalue weighted by atomic mass is 35.5. The molecule has 100 valence electrons. The Bertz CT molecular complexity index is 621. The molecule has 1 aromatic carbocycles. The van der Waals surface area contributed by atoms with Gasteiger partial charge in [0.05, 0.1) is 16.8 Å². The average Bonchev–Trinajstić information content (AvgIpc) is 2.67. The van der Waals surface area contributed by atoms with Crippen molar-refractivity contribution in [1.82, 2.24) is 15.1 Å². The number of nitrogens with two attached hydrogens (primary N) is 1. The SMILES string of the molecule is Cc1ccc(C(=O)NCc2cnn(C)c2N)c(Cl)c1. The molecule has 6 heteroatoms. The Kier molecular flexibility index (Phi) is 3.76. The number of hydrogen-bond donors (Lipinski definition) is 2. The van der Waals surface area contributed by atoms with Crippen LogP contribution in [0.3, 0.4) is 0 Å². The van der Waals surface area contributed by atoms with Gasteiger partial charge < -0.3 is 11.1 Å². The molecule has 0 atom stereocenters. The lowest BCUT2D eigenvalue weighted by Gasteiger charge is -2.07. The molecule has 0 saturated carbocycles. The quantitative estimate of drug-likeness (QED) is 0.900. The summed E-state index contributed by atoms with van der Waals surface area (Å²) in [7, 11) is 1.75. The average molecular weight is 279 g/mol. The van der Waals surface area contributed by atoms with E-state index in [9.17, 15) is 4.79 Å². The molecular formula is C13H15ClN4O. The molecular weight excluding hydrogens is 264 g/mol. The second kappa shape index (κ2) is 5.32. The highest BCUT2D eigenvalue weighted by Crippen LogP contribution is 2.17. The molecule has 19 heavy (non-hydrogen) atoms. The molecule has 0 saturated heterocycles. The number of amides is 1. The maximum absolute atomic E-state index is 12.0. The Balaban J connectivity index is 2.07. The standard InChI is InChI=1S/C13H15ClN4O/c1-8-3-4-10(11(14)5-8)13(19)16-6-9-7-17-18(2)12(9)15/h3-5,7H,6,15H2,1-2H3,(H,16,19). The zero-order valence-electron chi connectivity index (χ0n) is 10.8. The van der Waals surface area contributed by atoms with E-state index in [4.69, 9.17) is 17.3 Å². The number of halogens is 1. The molecule has 1 heterocycles. The summed E-state index contributed by atoms with van der Waals surface area (Å²) < 4.78 is 1.56. The molecule has 5 nitrogen and oxygen atoms in total. The van der Waals surface area contributed by atoms with Crippen LogP contribution >= 0.6 is 11.6 Å². The largest absolute Gasteiger partial charge is 0.384 e. The van der Waals surface area contributed by atoms with Gasteiger partial charge in [0.15, 0.2) is 0 Å². The van der Waals surface area contributed by atoms with Crippen molar-refractivity contribution in [2.24, 2.45) is 7.05 Å². The summed E-state index contributed by atoms with van der Waals surface area (Å²) in [6.45, 7) is 2.24. The Morgan fingerprint density at radius 2 is 2.26 bits per heavy atom. The fourth-order valence-electron chi connectivity index (χ4n) is 1.70. The maximum Gasteiger partial charge on any atom is 0.253 e. The number of carbonyl (C=O) groups is 1. The monoisotopic (exact) mass is 278 g/mol. The second-order valence-corrected chi connectivity index (χ2v) is 4.75. The van der Waals surface area contributed by atoms with E-state index in [2.05, 4.69) is 10.4 Å². The van der Waals surface area contributed by atoms with Gasteiger partial charge in [-0.3, -0.25) is 9.48 Å². The molecule has 0 aliphatic carbocycles. The summed E-state index contributed by atoms with van der Waals surface area (Å²) in [4.78, 5) is 12.0. The van der Waals surface area contributed by atoms with Crippen LogP contribution < -0.4 is 11.1 Å². The Labute approximate surface area is 116 Å². The topological polar surface area (TPSA) is 72.9 Å². The van der Waals surface area contributed by atoms with Crippen molar-refractivity contribution in [1.29, 1.82) is 0 Å². The van der Waals surface area contributed by atoms with E-state index in [1.807, 2.05) is 13.0 Å². The fourth-order valence-corrected chi connectivity index (χ4v) is 2.02. The molecule has 0 aliphatic rings. The smallest absolute Gasteiger partial charge is 0.253 e. The minimum absolute atomic E-state index is 0.228. The number of hydrogen-bond acceptors (Lipinski definition) is 3. The molecule has 0 aliphatic heterocycles. The number of aryl methyl sites for hydroxylation is 2. The normalized spacial score (nSPS) is 10.5. The first-order valence-corrected chi connectivity index (χ1v) is 6.17. The van der Waals surface area contributed by atoms with E-state index in [0.717, 1.165) is 11.1 Å². The van der Waals surface area contributed by atoms with Crippen molar-refractivity contribution >= 4 is 23.3 Å². The van der Waals surface area contributed by atoms with Crippen molar-refractivity contribution in [3.05, 3.63) is 46.1 Å². The molecule has 0 spiro atoms. The third-order valence-corrected chi connectivity index (χ3v) is 3.19. The highest BCUT2D eigenvalue weighted by Gasteiger charge is 2.11. The molecule has 1 amide bonds. The summed E-state index contributed by atoms with van der Waals surface area (Å²) in [5.74, 6) is 0.309. The summed E-state index contributed by atoms with van der Waals surface area (Å²) in [5, 5.41) is 7.22. The fraction of sp³-hybridized carbons (Fsp3) is 0.231. The van der Waals surface area contributed by atoms with E-state index < -0.39 is 0 Å². The maximum atomic E-state index is 12.0. The number of aromatic nitrogens is 2. The van der Waals surface area contributed by atoms with E-state index >= 15 is 0 Å². The third-order valence-electron chi connectivity index (χ3n) is 2.87. The lowest BCUT2D eigenvalue weighted by Crippen LogP contribution is -2.23. The number of anilines is 1. The van der Waals surface area contributed by atoms with E-state index in [0.29, 0.717) is 22.9 Å².